The highest BCUT2D eigenvalue weighted by atomic mass is 32.2. The van der Waals surface area contributed by atoms with Crippen LogP contribution in [0.1, 0.15) is 23.0 Å². The van der Waals surface area contributed by atoms with Crippen molar-refractivity contribution in [3.8, 4) is 0 Å². The molecule has 0 bridgehead atoms. The van der Waals surface area contributed by atoms with E-state index in [1.54, 1.807) is 6.07 Å². The van der Waals surface area contributed by atoms with E-state index in [0.717, 1.165) is 24.6 Å². The van der Waals surface area contributed by atoms with Gasteiger partial charge < -0.3 is 14.5 Å². The Morgan fingerprint density at radius 3 is 2.86 bits per heavy atom. The summed E-state index contributed by atoms with van der Waals surface area (Å²) >= 11 is 1.91. The zero-order valence-corrected chi connectivity index (χ0v) is 13.1. The molecule has 1 N–H and O–H groups in total. The van der Waals surface area contributed by atoms with E-state index in [4.69, 9.17) is 4.42 Å². The molecule has 21 heavy (non-hydrogen) atoms. The number of furan rings is 1. The molecule has 1 aromatic rings. The van der Waals surface area contributed by atoms with E-state index in [2.05, 4.69) is 15.0 Å². The van der Waals surface area contributed by atoms with Gasteiger partial charge in [0.25, 0.3) is 0 Å². The van der Waals surface area contributed by atoms with Crippen molar-refractivity contribution in [2.45, 2.75) is 19.5 Å². The van der Waals surface area contributed by atoms with Crippen LogP contribution in [0.2, 0.25) is 0 Å². The molecule has 1 atom stereocenters. The standard InChI is InChI=1S/C14H20N2O4S/c1-10(16-3-5-21-6-4-16)13(17)15-8-12-7-11(9-20-12)14(18)19-2/h7,9-10H,3-6,8H2,1-2H3,(H,15,17). The minimum Gasteiger partial charge on any atom is -0.467 e. The van der Waals surface area contributed by atoms with Gasteiger partial charge in [0.2, 0.25) is 5.91 Å². The van der Waals surface area contributed by atoms with Crippen LogP contribution in [0.5, 0.6) is 0 Å². The van der Waals surface area contributed by atoms with Gasteiger partial charge in [-0.1, -0.05) is 0 Å². The van der Waals surface area contributed by atoms with Crippen molar-refractivity contribution in [1.29, 1.82) is 0 Å². The number of hydrogen-bond donors (Lipinski definition) is 1. The van der Waals surface area contributed by atoms with Crippen LogP contribution in [0.3, 0.4) is 0 Å². The summed E-state index contributed by atoms with van der Waals surface area (Å²) in [6, 6.07) is 1.43. The second kappa shape index (κ2) is 7.51. The first-order valence-electron chi connectivity index (χ1n) is 6.87. The van der Waals surface area contributed by atoms with Crippen LogP contribution in [-0.4, -0.2) is 54.5 Å². The van der Waals surface area contributed by atoms with E-state index in [0.29, 0.717) is 11.3 Å². The van der Waals surface area contributed by atoms with E-state index in [1.807, 2.05) is 18.7 Å². The molecule has 7 heteroatoms. The van der Waals surface area contributed by atoms with Gasteiger partial charge in [0.1, 0.15) is 12.0 Å². The lowest BCUT2D eigenvalue weighted by molar-refractivity contribution is -0.126. The monoisotopic (exact) mass is 312 g/mol. The number of nitrogens with one attached hydrogen (secondary N) is 1. The van der Waals surface area contributed by atoms with E-state index in [9.17, 15) is 9.59 Å². The van der Waals surface area contributed by atoms with E-state index in [-0.39, 0.29) is 18.5 Å². The second-order valence-electron chi connectivity index (χ2n) is 4.84. The van der Waals surface area contributed by atoms with Crippen LogP contribution >= 0.6 is 11.8 Å². The fourth-order valence-electron chi connectivity index (χ4n) is 2.15. The minimum atomic E-state index is -0.449. The second-order valence-corrected chi connectivity index (χ2v) is 6.06. The summed E-state index contributed by atoms with van der Waals surface area (Å²) in [5.74, 6) is 2.19. The van der Waals surface area contributed by atoms with Gasteiger partial charge in [-0.15, -0.1) is 0 Å². The number of methoxy groups -OCH3 is 1. The lowest BCUT2D eigenvalue weighted by Gasteiger charge is -2.30. The number of carbonyl (C=O) groups is 2. The molecule has 1 fully saturated rings. The molecule has 0 aromatic carbocycles. The lowest BCUT2D eigenvalue weighted by atomic mass is 10.2. The molecule has 0 spiro atoms. The first-order chi connectivity index (χ1) is 10.1. The summed E-state index contributed by atoms with van der Waals surface area (Å²) < 4.78 is 9.83. The first kappa shape index (κ1) is 15.9. The van der Waals surface area contributed by atoms with Crippen LogP contribution in [0.4, 0.5) is 0 Å². The number of nitrogens with zero attached hydrogens (tertiary/aromatic N) is 1. The maximum absolute atomic E-state index is 12.1. The molecular weight excluding hydrogens is 292 g/mol. The predicted molar refractivity (Wildman–Crippen MR) is 80.3 cm³/mol. The molecule has 1 saturated heterocycles. The quantitative estimate of drug-likeness (QED) is 0.822. The van der Waals surface area contributed by atoms with Crippen molar-refractivity contribution in [3.05, 3.63) is 23.7 Å². The van der Waals surface area contributed by atoms with Crippen molar-refractivity contribution < 1.29 is 18.7 Å². The van der Waals surface area contributed by atoms with Crippen LogP contribution in [0.25, 0.3) is 0 Å². The Morgan fingerprint density at radius 1 is 1.48 bits per heavy atom. The fraction of sp³-hybridized carbons (Fsp3) is 0.571. The number of carbonyl (C=O) groups excluding carboxylic acids is 2. The Kier molecular flexibility index (Phi) is 5.69. The van der Waals surface area contributed by atoms with Crippen LogP contribution in [0, 0.1) is 0 Å². The molecule has 116 valence electrons. The molecule has 0 saturated carbocycles. The Labute approximate surface area is 128 Å². The van der Waals surface area contributed by atoms with Gasteiger partial charge in [0.15, 0.2) is 0 Å². The number of rotatable bonds is 5. The largest absolute Gasteiger partial charge is 0.467 e. The lowest BCUT2D eigenvalue weighted by Crippen LogP contribution is -2.48. The topological polar surface area (TPSA) is 71.8 Å². The van der Waals surface area contributed by atoms with Gasteiger partial charge >= 0.3 is 5.97 Å². The van der Waals surface area contributed by atoms with Crippen LogP contribution < -0.4 is 5.32 Å². The molecule has 1 unspecified atom stereocenters. The number of hydrogen-bond acceptors (Lipinski definition) is 6. The van der Waals surface area contributed by atoms with Gasteiger partial charge in [0, 0.05) is 24.6 Å². The third-order valence-electron chi connectivity index (χ3n) is 3.48. The third-order valence-corrected chi connectivity index (χ3v) is 4.43. The van der Waals surface area contributed by atoms with Crippen molar-refractivity contribution >= 4 is 23.6 Å². The molecule has 2 heterocycles. The maximum Gasteiger partial charge on any atom is 0.341 e. The molecule has 1 aliphatic rings. The summed E-state index contributed by atoms with van der Waals surface area (Å²) in [5.41, 5.74) is 0.350. The fourth-order valence-corrected chi connectivity index (χ4v) is 3.08. The zero-order chi connectivity index (χ0) is 15.2. The molecule has 1 aromatic heterocycles. The average Bonchev–Trinajstić information content (AvgIpc) is 3.01. The number of thioether (sulfide) groups is 1. The molecule has 6 nitrogen and oxygen atoms in total. The first-order valence-corrected chi connectivity index (χ1v) is 8.02. The van der Waals surface area contributed by atoms with Crippen LogP contribution in [-0.2, 0) is 16.1 Å². The Balaban J connectivity index is 1.82. The highest BCUT2D eigenvalue weighted by molar-refractivity contribution is 7.99. The highest BCUT2D eigenvalue weighted by Gasteiger charge is 2.23. The summed E-state index contributed by atoms with van der Waals surface area (Å²) in [4.78, 5) is 25.6. The van der Waals surface area contributed by atoms with E-state index in [1.165, 1.54) is 13.4 Å². The molecule has 2 rings (SSSR count). The normalized spacial score (nSPS) is 17.2. The predicted octanol–water partition coefficient (Wildman–Crippen LogP) is 1.12. The van der Waals surface area contributed by atoms with Gasteiger partial charge in [-0.25, -0.2) is 4.79 Å². The van der Waals surface area contributed by atoms with Crippen molar-refractivity contribution in [1.82, 2.24) is 10.2 Å². The summed E-state index contributed by atoms with van der Waals surface area (Å²) in [6.45, 7) is 4.05. The zero-order valence-electron chi connectivity index (χ0n) is 12.3. The van der Waals surface area contributed by atoms with Crippen molar-refractivity contribution in [2.24, 2.45) is 0 Å². The SMILES string of the molecule is COC(=O)c1coc(CNC(=O)C(C)N2CCSCC2)c1. The van der Waals surface area contributed by atoms with E-state index < -0.39 is 5.97 Å². The van der Waals surface area contributed by atoms with Gasteiger partial charge in [-0.3, -0.25) is 9.69 Å². The Hall–Kier alpha value is -1.47. The average molecular weight is 312 g/mol. The molecular formula is C14H20N2O4S. The molecule has 1 amide bonds. The van der Waals surface area contributed by atoms with Crippen LogP contribution in [0.15, 0.2) is 16.7 Å². The minimum absolute atomic E-state index is 0.0297. The molecule has 0 radical (unpaired) electrons. The number of amides is 1. The summed E-state index contributed by atoms with van der Waals surface area (Å²) in [5, 5.41) is 2.83. The van der Waals surface area contributed by atoms with Gasteiger partial charge in [0.05, 0.1) is 25.3 Å². The Bertz CT molecular complexity index is 497. The van der Waals surface area contributed by atoms with E-state index >= 15 is 0 Å². The third kappa shape index (κ3) is 4.25. The van der Waals surface area contributed by atoms with Gasteiger partial charge in [-0.2, -0.15) is 11.8 Å². The Morgan fingerprint density at radius 2 is 2.19 bits per heavy atom. The highest BCUT2D eigenvalue weighted by Crippen LogP contribution is 2.13. The molecule has 0 aliphatic carbocycles. The van der Waals surface area contributed by atoms with Crippen molar-refractivity contribution in [2.75, 3.05) is 31.7 Å². The molecule has 1 aliphatic heterocycles. The number of esters is 1. The van der Waals surface area contributed by atoms with Crippen molar-refractivity contribution in [3.63, 3.8) is 0 Å². The summed E-state index contributed by atoms with van der Waals surface area (Å²) in [7, 11) is 1.31. The smallest absolute Gasteiger partial charge is 0.341 e. The maximum atomic E-state index is 12.1. The summed E-state index contributed by atoms with van der Waals surface area (Å²) in [6.07, 6.45) is 1.33. The van der Waals surface area contributed by atoms with Gasteiger partial charge in [-0.05, 0) is 13.0 Å². The number of ether oxygens (including phenoxy) is 1.